The standard InChI is InChI=1S/C12H15FINO3/c1-7(14)12(17)15-11(6-16)8-3-9(13)5-10(4-8)18-2/h3-5,7,11,16H,6H2,1-2H3,(H,15,17)/t7-,11-/m1/s1. The molecule has 0 aliphatic carbocycles. The molecule has 100 valence electrons. The third-order valence-electron chi connectivity index (χ3n) is 2.39. The number of benzene rings is 1. The second-order valence-corrected chi connectivity index (χ2v) is 5.65. The molecule has 1 rings (SSSR count). The molecule has 2 atom stereocenters. The minimum absolute atomic E-state index is 0.210. The van der Waals surface area contributed by atoms with Crippen molar-refractivity contribution in [1.82, 2.24) is 5.32 Å². The van der Waals surface area contributed by atoms with Gasteiger partial charge in [-0.05, 0) is 24.6 Å². The Morgan fingerprint density at radius 3 is 2.72 bits per heavy atom. The molecular weight excluding hydrogens is 352 g/mol. The van der Waals surface area contributed by atoms with E-state index in [0.717, 1.165) is 0 Å². The van der Waals surface area contributed by atoms with E-state index in [1.54, 1.807) is 13.0 Å². The molecule has 0 unspecified atom stereocenters. The second kappa shape index (κ2) is 6.89. The van der Waals surface area contributed by atoms with Crippen LogP contribution in [0.4, 0.5) is 4.39 Å². The van der Waals surface area contributed by atoms with Crippen molar-refractivity contribution in [2.24, 2.45) is 0 Å². The van der Waals surface area contributed by atoms with Crippen LogP contribution in [0.25, 0.3) is 0 Å². The summed E-state index contributed by atoms with van der Waals surface area (Å²) in [5, 5.41) is 11.9. The van der Waals surface area contributed by atoms with Gasteiger partial charge >= 0.3 is 0 Å². The summed E-state index contributed by atoms with van der Waals surface area (Å²) >= 11 is 1.97. The number of hydrogen-bond donors (Lipinski definition) is 2. The van der Waals surface area contributed by atoms with E-state index in [-0.39, 0.29) is 16.4 Å². The molecule has 0 heterocycles. The normalized spacial score (nSPS) is 13.8. The minimum Gasteiger partial charge on any atom is -0.497 e. The van der Waals surface area contributed by atoms with Gasteiger partial charge in [0.05, 0.1) is 23.7 Å². The monoisotopic (exact) mass is 367 g/mol. The maximum Gasteiger partial charge on any atom is 0.233 e. The Morgan fingerprint density at radius 1 is 1.56 bits per heavy atom. The molecule has 4 nitrogen and oxygen atoms in total. The Balaban J connectivity index is 2.94. The number of methoxy groups -OCH3 is 1. The first-order valence-electron chi connectivity index (χ1n) is 5.37. The summed E-state index contributed by atoms with van der Waals surface area (Å²) in [6, 6.07) is 3.45. The number of aliphatic hydroxyl groups is 1. The van der Waals surface area contributed by atoms with Crippen molar-refractivity contribution in [3.05, 3.63) is 29.6 Å². The minimum atomic E-state index is -0.640. The molecule has 1 aromatic rings. The highest BCUT2D eigenvalue weighted by molar-refractivity contribution is 14.1. The number of halogens is 2. The zero-order chi connectivity index (χ0) is 13.7. The van der Waals surface area contributed by atoms with Gasteiger partial charge in [-0.3, -0.25) is 4.79 Å². The average Bonchev–Trinajstić information content (AvgIpc) is 2.34. The molecule has 18 heavy (non-hydrogen) atoms. The van der Waals surface area contributed by atoms with Crippen LogP contribution >= 0.6 is 22.6 Å². The van der Waals surface area contributed by atoms with Crippen LogP contribution in [0.5, 0.6) is 5.75 Å². The molecule has 0 aromatic heterocycles. The Labute approximate surface area is 119 Å². The fraction of sp³-hybridized carbons (Fsp3) is 0.417. The Bertz CT molecular complexity index is 426. The predicted octanol–water partition coefficient (Wildman–Crippen LogP) is 1.81. The van der Waals surface area contributed by atoms with E-state index in [4.69, 9.17) is 4.74 Å². The first-order chi connectivity index (χ1) is 8.47. The molecule has 1 amide bonds. The fourth-order valence-corrected chi connectivity index (χ4v) is 1.60. The Hall–Kier alpha value is -0.890. The molecule has 2 N–H and O–H groups in total. The van der Waals surface area contributed by atoms with E-state index in [0.29, 0.717) is 11.3 Å². The van der Waals surface area contributed by atoms with Crippen LogP contribution < -0.4 is 10.1 Å². The number of ether oxygens (including phenoxy) is 1. The molecule has 0 spiro atoms. The maximum atomic E-state index is 13.3. The van der Waals surface area contributed by atoms with Crippen LogP contribution in [-0.4, -0.2) is 28.7 Å². The van der Waals surface area contributed by atoms with Crippen molar-refractivity contribution in [2.45, 2.75) is 16.9 Å². The Kier molecular flexibility index (Phi) is 5.80. The van der Waals surface area contributed by atoms with Gasteiger partial charge < -0.3 is 15.2 Å². The lowest BCUT2D eigenvalue weighted by Crippen LogP contribution is -2.34. The third-order valence-corrected chi connectivity index (χ3v) is 2.96. The number of hydrogen-bond acceptors (Lipinski definition) is 3. The van der Waals surface area contributed by atoms with Gasteiger partial charge in [-0.25, -0.2) is 4.39 Å². The summed E-state index contributed by atoms with van der Waals surface area (Å²) in [6.45, 7) is 1.43. The first-order valence-corrected chi connectivity index (χ1v) is 6.62. The quantitative estimate of drug-likeness (QED) is 0.617. The van der Waals surface area contributed by atoms with Crippen LogP contribution in [0, 0.1) is 5.82 Å². The number of nitrogens with one attached hydrogen (secondary N) is 1. The van der Waals surface area contributed by atoms with Crippen LogP contribution in [0.3, 0.4) is 0 Å². The van der Waals surface area contributed by atoms with Crippen molar-refractivity contribution < 1.29 is 19.0 Å². The smallest absolute Gasteiger partial charge is 0.233 e. The highest BCUT2D eigenvalue weighted by Crippen LogP contribution is 2.21. The van der Waals surface area contributed by atoms with Gasteiger partial charge in [-0.15, -0.1) is 0 Å². The van der Waals surface area contributed by atoms with E-state index in [9.17, 15) is 14.3 Å². The highest BCUT2D eigenvalue weighted by atomic mass is 127. The lowest BCUT2D eigenvalue weighted by atomic mass is 10.1. The summed E-state index contributed by atoms with van der Waals surface area (Å²) in [4.78, 5) is 11.6. The summed E-state index contributed by atoms with van der Waals surface area (Å²) in [7, 11) is 1.43. The number of aliphatic hydroxyl groups excluding tert-OH is 1. The van der Waals surface area contributed by atoms with Gasteiger partial charge in [-0.1, -0.05) is 22.6 Å². The first kappa shape index (κ1) is 15.2. The largest absolute Gasteiger partial charge is 0.497 e. The van der Waals surface area contributed by atoms with Crippen molar-refractivity contribution in [3.63, 3.8) is 0 Å². The van der Waals surface area contributed by atoms with E-state index >= 15 is 0 Å². The number of amides is 1. The summed E-state index contributed by atoms with van der Waals surface area (Å²) in [5.74, 6) is -0.335. The summed E-state index contributed by atoms with van der Waals surface area (Å²) < 4.78 is 18.0. The topological polar surface area (TPSA) is 58.6 Å². The van der Waals surface area contributed by atoms with Crippen molar-refractivity contribution in [2.75, 3.05) is 13.7 Å². The van der Waals surface area contributed by atoms with E-state index in [2.05, 4.69) is 5.32 Å². The highest BCUT2D eigenvalue weighted by Gasteiger charge is 2.18. The average molecular weight is 367 g/mol. The van der Waals surface area contributed by atoms with E-state index < -0.39 is 11.9 Å². The fourth-order valence-electron chi connectivity index (χ4n) is 1.42. The number of carbonyl (C=O) groups excluding carboxylic acids is 1. The molecule has 1 aromatic carbocycles. The van der Waals surface area contributed by atoms with Crippen LogP contribution in [0.15, 0.2) is 18.2 Å². The molecule has 6 heteroatoms. The Morgan fingerprint density at radius 2 is 2.22 bits per heavy atom. The zero-order valence-electron chi connectivity index (χ0n) is 10.1. The van der Waals surface area contributed by atoms with Gasteiger partial charge in [0.25, 0.3) is 0 Å². The lowest BCUT2D eigenvalue weighted by molar-refractivity contribution is -0.121. The molecule has 0 radical (unpaired) electrons. The summed E-state index contributed by atoms with van der Waals surface area (Å²) in [5.41, 5.74) is 0.472. The molecule has 0 saturated heterocycles. The predicted molar refractivity (Wildman–Crippen MR) is 74.4 cm³/mol. The van der Waals surface area contributed by atoms with Crippen LogP contribution in [0.2, 0.25) is 0 Å². The van der Waals surface area contributed by atoms with Crippen molar-refractivity contribution in [3.8, 4) is 5.75 Å². The zero-order valence-corrected chi connectivity index (χ0v) is 12.3. The van der Waals surface area contributed by atoms with Crippen LogP contribution in [0.1, 0.15) is 18.5 Å². The van der Waals surface area contributed by atoms with E-state index in [1.165, 1.54) is 19.2 Å². The van der Waals surface area contributed by atoms with Crippen molar-refractivity contribution >= 4 is 28.5 Å². The summed E-state index contributed by atoms with van der Waals surface area (Å²) in [6.07, 6.45) is 0. The third kappa shape index (κ3) is 4.09. The molecule has 0 fully saturated rings. The van der Waals surface area contributed by atoms with Gasteiger partial charge in [0.15, 0.2) is 0 Å². The molecule has 0 aliphatic rings. The maximum absolute atomic E-state index is 13.3. The number of carbonyl (C=O) groups is 1. The van der Waals surface area contributed by atoms with Gasteiger partial charge in [0.2, 0.25) is 5.91 Å². The molecule has 0 bridgehead atoms. The van der Waals surface area contributed by atoms with Gasteiger partial charge in [0.1, 0.15) is 11.6 Å². The second-order valence-electron chi connectivity index (χ2n) is 3.78. The lowest BCUT2D eigenvalue weighted by Gasteiger charge is -2.18. The molecular formula is C12H15FINO3. The number of alkyl halides is 1. The van der Waals surface area contributed by atoms with Gasteiger partial charge in [0, 0.05) is 6.07 Å². The molecule has 0 saturated carbocycles. The SMILES string of the molecule is COc1cc(F)cc([C@@H](CO)NC(=O)[C@@H](C)I)c1. The number of rotatable bonds is 5. The van der Waals surface area contributed by atoms with Crippen molar-refractivity contribution in [1.29, 1.82) is 0 Å². The van der Waals surface area contributed by atoms with E-state index in [1.807, 2.05) is 22.6 Å². The van der Waals surface area contributed by atoms with Crippen LogP contribution in [-0.2, 0) is 4.79 Å². The molecule has 0 aliphatic heterocycles. The van der Waals surface area contributed by atoms with Gasteiger partial charge in [-0.2, -0.15) is 0 Å².